The van der Waals surface area contributed by atoms with Crippen LogP contribution in [-0.4, -0.2) is 34.7 Å². The molecule has 138 valence electrons. The summed E-state index contributed by atoms with van der Waals surface area (Å²) in [6.45, 7) is -0.792. The molecule has 0 bridgehead atoms. The molecular weight excluding hydrogens is 385 g/mol. The van der Waals surface area contributed by atoms with Crippen LogP contribution >= 0.6 is 24.0 Å². The Morgan fingerprint density at radius 2 is 2.17 bits per heavy atom. The van der Waals surface area contributed by atoms with Crippen LogP contribution in [-0.2, 0) is 10.0 Å². The lowest BCUT2D eigenvalue weighted by atomic mass is 9.96. The highest BCUT2D eigenvalue weighted by molar-refractivity contribution is 7.89. The molecule has 2 rings (SSSR count). The first-order chi connectivity index (χ1) is 10.9. The molecule has 1 aliphatic heterocycles. The Hall–Kier alpha value is -0.670. The molecule has 1 aromatic rings. The van der Waals surface area contributed by atoms with Crippen LogP contribution in [0.25, 0.3) is 0 Å². The molecule has 24 heavy (non-hydrogen) atoms. The highest BCUT2D eigenvalue weighted by Crippen LogP contribution is 2.28. The largest absolute Gasteiger partial charge is 0.433 e. The van der Waals surface area contributed by atoms with E-state index in [1.165, 1.54) is 6.07 Å². The van der Waals surface area contributed by atoms with Crippen LogP contribution in [0.3, 0.4) is 0 Å². The number of halogens is 4. The molecule has 1 unspecified atom stereocenters. The third-order valence-corrected chi connectivity index (χ3v) is 5.43. The fraction of sp³-hybridized carbons (Fsp3) is 0.571. The first-order valence-electron chi connectivity index (χ1n) is 7.33. The smallest absolute Gasteiger partial charge is 0.387 e. The molecule has 1 aromatic carbocycles. The van der Waals surface area contributed by atoms with Crippen molar-refractivity contribution in [2.45, 2.75) is 30.8 Å². The van der Waals surface area contributed by atoms with Gasteiger partial charge in [0, 0.05) is 6.54 Å². The quantitative estimate of drug-likeness (QED) is 0.732. The third kappa shape index (κ3) is 6.33. The summed E-state index contributed by atoms with van der Waals surface area (Å²) < 4.78 is 55.4. The van der Waals surface area contributed by atoms with Gasteiger partial charge in [-0.05, 0) is 56.5 Å². The van der Waals surface area contributed by atoms with Gasteiger partial charge in [-0.1, -0.05) is 11.6 Å². The Kier molecular flexibility index (Phi) is 8.66. The summed E-state index contributed by atoms with van der Waals surface area (Å²) in [6.07, 6.45) is 2.92. The zero-order valence-corrected chi connectivity index (χ0v) is 15.2. The summed E-state index contributed by atoms with van der Waals surface area (Å²) in [5.41, 5.74) is 0. The van der Waals surface area contributed by atoms with E-state index in [4.69, 9.17) is 11.6 Å². The van der Waals surface area contributed by atoms with Crippen molar-refractivity contribution in [3.05, 3.63) is 23.2 Å². The number of hydrogen-bond donors (Lipinski definition) is 2. The van der Waals surface area contributed by atoms with Gasteiger partial charge in [0.05, 0.1) is 9.92 Å². The lowest BCUT2D eigenvalue weighted by Crippen LogP contribution is -2.33. The summed E-state index contributed by atoms with van der Waals surface area (Å²) in [5, 5.41) is 3.10. The predicted octanol–water partition coefficient (Wildman–Crippen LogP) is 3.03. The molecule has 1 fully saturated rings. The summed E-state index contributed by atoms with van der Waals surface area (Å²) in [4.78, 5) is -0.0779. The van der Waals surface area contributed by atoms with E-state index in [1.54, 1.807) is 0 Å². The Balaban J connectivity index is 0.00000288. The summed E-state index contributed by atoms with van der Waals surface area (Å²) in [5.74, 6) is 0.200. The lowest BCUT2D eigenvalue weighted by Gasteiger charge is -2.22. The molecule has 2 N–H and O–H groups in total. The van der Waals surface area contributed by atoms with Crippen LogP contribution in [0.2, 0.25) is 5.02 Å². The van der Waals surface area contributed by atoms with Gasteiger partial charge in [-0.15, -0.1) is 12.4 Å². The molecule has 5 nitrogen and oxygen atoms in total. The molecule has 0 aromatic heterocycles. The second kappa shape index (κ2) is 9.72. The average Bonchev–Trinajstić information content (AvgIpc) is 2.49. The van der Waals surface area contributed by atoms with Gasteiger partial charge in [0.1, 0.15) is 5.75 Å². The van der Waals surface area contributed by atoms with Crippen LogP contribution < -0.4 is 14.8 Å². The zero-order valence-electron chi connectivity index (χ0n) is 12.8. The molecular formula is C14H20Cl2F2N2O3S. The van der Waals surface area contributed by atoms with Crippen LogP contribution in [0, 0.1) is 5.92 Å². The average molecular weight is 405 g/mol. The highest BCUT2D eigenvalue weighted by atomic mass is 35.5. The van der Waals surface area contributed by atoms with Gasteiger partial charge in [0.25, 0.3) is 0 Å². The van der Waals surface area contributed by atoms with E-state index >= 15 is 0 Å². The van der Waals surface area contributed by atoms with Gasteiger partial charge in [-0.25, -0.2) is 13.1 Å². The first kappa shape index (κ1) is 21.4. The molecule has 0 spiro atoms. The van der Waals surface area contributed by atoms with Crippen molar-refractivity contribution in [1.29, 1.82) is 0 Å². The minimum Gasteiger partial charge on any atom is -0.433 e. The SMILES string of the molecule is Cl.O=S(=O)(NCCC1CCCNC1)c1ccc(OC(F)F)c(Cl)c1. The maximum absolute atomic E-state index is 12.2. The monoisotopic (exact) mass is 404 g/mol. The fourth-order valence-corrected chi connectivity index (χ4v) is 3.85. The molecule has 1 aliphatic rings. The summed E-state index contributed by atoms with van der Waals surface area (Å²) in [6, 6.07) is 3.41. The Bertz CT molecular complexity index is 626. The van der Waals surface area contributed by atoms with Crippen molar-refractivity contribution >= 4 is 34.0 Å². The van der Waals surface area contributed by atoms with E-state index in [9.17, 15) is 17.2 Å². The van der Waals surface area contributed by atoms with Crippen LogP contribution in [0.15, 0.2) is 23.1 Å². The highest BCUT2D eigenvalue weighted by Gasteiger charge is 2.18. The van der Waals surface area contributed by atoms with E-state index in [0.29, 0.717) is 12.5 Å². The van der Waals surface area contributed by atoms with Crippen molar-refractivity contribution in [3.63, 3.8) is 0 Å². The van der Waals surface area contributed by atoms with Crippen molar-refractivity contribution in [1.82, 2.24) is 10.0 Å². The van der Waals surface area contributed by atoms with E-state index in [0.717, 1.165) is 44.5 Å². The Morgan fingerprint density at radius 3 is 2.75 bits per heavy atom. The normalized spacial score (nSPS) is 18.2. The molecule has 10 heteroatoms. The van der Waals surface area contributed by atoms with Gasteiger partial charge < -0.3 is 10.1 Å². The number of alkyl halides is 2. The van der Waals surface area contributed by atoms with E-state index < -0.39 is 16.6 Å². The number of benzene rings is 1. The second-order valence-corrected chi connectivity index (χ2v) is 7.54. The number of ether oxygens (including phenoxy) is 1. The van der Waals surface area contributed by atoms with Gasteiger partial charge in [-0.2, -0.15) is 8.78 Å². The van der Waals surface area contributed by atoms with E-state index in [-0.39, 0.29) is 28.1 Å². The third-order valence-electron chi connectivity index (χ3n) is 3.67. The second-order valence-electron chi connectivity index (χ2n) is 5.37. The number of sulfonamides is 1. The molecule has 1 atom stereocenters. The molecule has 1 saturated heterocycles. The molecule has 0 amide bonds. The molecule has 0 aliphatic carbocycles. The van der Waals surface area contributed by atoms with Gasteiger partial charge in [0.15, 0.2) is 0 Å². The van der Waals surface area contributed by atoms with Crippen LogP contribution in [0.1, 0.15) is 19.3 Å². The predicted molar refractivity (Wildman–Crippen MR) is 90.7 cm³/mol. The summed E-state index contributed by atoms with van der Waals surface area (Å²) >= 11 is 5.78. The standard InChI is InChI=1S/C14H19ClF2N2O3S.ClH/c15-12-8-11(3-4-13(12)22-14(16)17)23(20,21)19-7-5-10-2-1-6-18-9-10;/h3-4,8,10,14,18-19H,1-2,5-7,9H2;1H. The van der Waals surface area contributed by atoms with Crippen LogP contribution in [0.5, 0.6) is 5.75 Å². The van der Waals surface area contributed by atoms with E-state index in [2.05, 4.69) is 14.8 Å². The fourth-order valence-electron chi connectivity index (χ4n) is 2.49. The van der Waals surface area contributed by atoms with Crippen molar-refractivity contribution in [2.24, 2.45) is 5.92 Å². The van der Waals surface area contributed by atoms with Crippen molar-refractivity contribution in [2.75, 3.05) is 19.6 Å². The van der Waals surface area contributed by atoms with Crippen LogP contribution in [0.4, 0.5) is 8.78 Å². The molecule has 0 saturated carbocycles. The maximum atomic E-state index is 12.2. The van der Waals surface area contributed by atoms with Gasteiger partial charge in [0.2, 0.25) is 10.0 Å². The topological polar surface area (TPSA) is 67.4 Å². The number of hydrogen-bond acceptors (Lipinski definition) is 4. The minimum atomic E-state index is -3.73. The summed E-state index contributed by atoms with van der Waals surface area (Å²) in [7, 11) is -3.73. The maximum Gasteiger partial charge on any atom is 0.387 e. The molecule has 1 heterocycles. The van der Waals surface area contributed by atoms with Gasteiger partial charge >= 0.3 is 6.61 Å². The minimum absolute atomic E-state index is 0. The Labute approximate surface area is 151 Å². The zero-order chi connectivity index (χ0) is 16.9. The number of nitrogens with one attached hydrogen (secondary N) is 2. The van der Waals surface area contributed by atoms with Gasteiger partial charge in [-0.3, -0.25) is 0 Å². The number of piperidine rings is 1. The lowest BCUT2D eigenvalue weighted by molar-refractivity contribution is -0.0498. The molecule has 0 radical (unpaired) electrons. The van der Waals surface area contributed by atoms with E-state index in [1.807, 2.05) is 0 Å². The Morgan fingerprint density at radius 1 is 1.42 bits per heavy atom. The first-order valence-corrected chi connectivity index (χ1v) is 9.19. The van der Waals surface area contributed by atoms with Crippen molar-refractivity contribution < 1.29 is 21.9 Å². The number of rotatable bonds is 7. The van der Waals surface area contributed by atoms with Crippen molar-refractivity contribution in [3.8, 4) is 5.75 Å².